The van der Waals surface area contributed by atoms with E-state index in [0.717, 1.165) is 46.9 Å². The zero-order chi connectivity index (χ0) is 23.7. The standard InChI is InChI=1S/C25H21F3N4O2/c1-33-21-8-4-16(5-9-21)23-12-20(31-34-23)15-32-11-10-22-18(14-32)13-29-24(30-22)17-2-6-19(7-3-17)25(26,27)28/h2-9,12-13H,10-11,14-15H2,1H3. The van der Waals surface area contributed by atoms with Crippen LogP contribution in [0, 0.1) is 0 Å². The van der Waals surface area contributed by atoms with E-state index in [9.17, 15) is 13.2 Å². The van der Waals surface area contributed by atoms with Crippen molar-refractivity contribution in [3.05, 3.63) is 83.3 Å². The first-order valence-corrected chi connectivity index (χ1v) is 10.7. The van der Waals surface area contributed by atoms with Gasteiger partial charge in [-0.3, -0.25) is 4.90 Å². The van der Waals surface area contributed by atoms with Gasteiger partial charge in [0.1, 0.15) is 5.75 Å². The Kier molecular flexibility index (Phi) is 5.79. The third kappa shape index (κ3) is 4.65. The fraction of sp³-hybridized carbons (Fsp3) is 0.240. The van der Waals surface area contributed by atoms with Crippen LogP contribution in [0.1, 0.15) is 22.5 Å². The summed E-state index contributed by atoms with van der Waals surface area (Å²) in [4.78, 5) is 11.2. The Bertz CT molecular complexity index is 1290. The molecule has 1 aliphatic heterocycles. The van der Waals surface area contributed by atoms with E-state index in [0.29, 0.717) is 36.7 Å². The molecule has 0 fully saturated rings. The van der Waals surface area contributed by atoms with Crippen LogP contribution in [-0.2, 0) is 25.7 Å². The monoisotopic (exact) mass is 466 g/mol. The molecule has 0 spiro atoms. The quantitative estimate of drug-likeness (QED) is 0.393. The highest BCUT2D eigenvalue weighted by atomic mass is 19.4. The smallest absolute Gasteiger partial charge is 0.416 e. The Balaban J connectivity index is 1.25. The van der Waals surface area contributed by atoms with E-state index in [1.807, 2.05) is 30.3 Å². The van der Waals surface area contributed by atoms with Crippen LogP contribution in [0.2, 0.25) is 0 Å². The molecule has 0 unspecified atom stereocenters. The van der Waals surface area contributed by atoms with Crippen LogP contribution in [0.5, 0.6) is 5.75 Å². The van der Waals surface area contributed by atoms with Crippen molar-refractivity contribution in [3.63, 3.8) is 0 Å². The number of ether oxygens (including phenoxy) is 1. The summed E-state index contributed by atoms with van der Waals surface area (Å²) in [7, 11) is 1.62. The summed E-state index contributed by atoms with van der Waals surface area (Å²) in [6.07, 6.45) is -1.89. The second kappa shape index (κ2) is 8.90. The summed E-state index contributed by atoms with van der Waals surface area (Å²) >= 11 is 0. The van der Waals surface area contributed by atoms with Crippen LogP contribution in [0.4, 0.5) is 13.2 Å². The van der Waals surface area contributed by atoms with Crippen molar-refractivity contribution >= 4 is 0 Å². The lowest BCUT2D eigenvalue weighted by atomic mass is 10.1. The van der Waals surface area contributed by atoms with Gasteiger partial charge in [0.05, 0.1) is 24.1 Å². The molecule has 5 rings (SSSR count). The third-order valence-corrected chi connectivity index (χ3v) is 5.80. The van der Waals surface area contributed by atoms with Gasteiger partial charge >= 0.3 is 6.18 Å². The van der Waals surface area contributed by atoms with E-state index in [4.69, 9.17) is 9.26 Å². The van der Waals surface area contributed by atoms with E-state index in [1.54, 1.807) is 13.3 Å². The summed E-state index contributed by atoms with van der Waals surface area (Å²) in [6, 6.07) is 14.4. The molecule has 0 N–H and O–H groups in total. The van der Waals surface area contributed by atoms with Gasteiger partial charge in [0.2, 0.25) is 0 Å². The molecule has 2 aromatic heterocycles. The molecule has 0 aliphatic carbocycles. The molecule has 9 heteroatoms. The first kappa shape index (κ1) is 22.1. The molecular weight excluding hydrogens is 445 g/mol. The zero-order valence-corrected chi connectivity index (χ0v) is 18.3. The summed E-state index contributed by atoms with van der Waals surface area (Å²) < 4.78 is 49.1. The summed E-state index contributed by atoms with van der Waals surface area (Å²) in [6.45, 7) is 2.06. The number of hydrogen-bond donors (Lipinski definition) is 0. The molecule has 2 aromatic carbocycles. The largest absolute Gasteiger partial charge is 0.497 e. The van der Waals surface area contributed by atoms with Gasteiger partial charge in [0, 0.05) is 55.0 Å². The van der Waals surface area contributed by atoms with Crippen molar-refractivity contribution in [2.24, 2.45) is 0 Å². The number of hydrogen-bond acceptors (Lipinski definition) is 6. The van der Waals surface area contributed by atoms with Crippen molar-refractivity contribution in [1.29, 1.82) is 0 Å². The lowest BCUT2D eigenvalue weighted by Crippen LogP contribution is -2.31. The average Bonchev–Trinajstić information content (AvgIpc) is 3.32. The van der Waals surface area contributed by atoms with Crippen molar-refractivity contribution in [3.8, 4) is 28.5 Å². The van der Waals surface area contributed by atoms with Crippen molar-refractivity contribution in [2.75, 3.05) is 13.7 Å². The van der Waals surface area contributed by atoms with Crippen LogP contribution in [0.3, 0.4) is 0 Å². The van der Waals surface area contributed by atoms with E-state index >= 15 is 0 Å². The Morgan fingerprint density at radius 2 is 1.76 bits per heavy atom. The Labute approximate surface area is 194 Å². The molecule has 1 aliphatic rings. The molecule has 3 heterocycles. The van der Waals surface area contributed by atoms with Gasteiger partial charge in [-0.25, -0.2) is 9.97 Å². The van der Waals surface area contributed by atoms with E-state index in [2.05, 4.69) is 20.0 Å². The Morgan fingerprint density at radius 3 is 2.47 bits per heavy atom. The second-order valence-corrected chi connectivity index (χ2v) is 8.11. The van der Waals surface area contributed by atoms with Crippen LogP contribution in [0.25, 0.3) is 22.7 Å². The van der Waals surface area contributed by atoms with Gasteiger partial charge < -0.3 is 9.26 Å². The molecule has 0 amide bonds. The number of nitrogens with zero attached hydrogens (tertiary/aromatic N) is 4. The number of methoxy groups -OCH3 is 1. The third-order valence-electron chi connectivity index (χ3n) is 5.80. The fourth-order valence-corrected chi connectivity index (χ4v) is 3.96. The first-order chi connectivity index (χ1) is 16.4. The highest BCUT2D eigenvalue weighted by molar-refractivity contribution is 5.58. The van der Waals surface area contributed by atoms with Gasteiger partial charge in [0.25, 0.3) is 0 Å². The van der Waals surface area contributed by atoms with Crippen LogP contribution < -0.4 is 4.74 Å². The van der Waals surface area contributed by atoms with Crippen molar-refractivity contribution < 1.29 is 22.4 Å². The minimum Gasteiger partial charge on any atom is -0.497 e. The maximum atomic E-state index is 12.8. The summed E-state index contributed by atoms with van der Waals surface area (Å²) in [5.41, 5.74) is 3.55. The molecular formula is C25H21F3N4O2. The lowest BCUT2D eigenvalue weighted by molar-refractivity contribution is -0.137. The number of alkyl halides is 3. The highest BCUT2D eigenvalue weighted by Crippen LogP contribution is 2.31. The van der Waals surface area contributed by atoms with Crippen molar-refractivity contribution in [1.82, 2.24) is 20.0 Å². The van der Waals surface area contributed by atoms with Gasteiger partial charge in [-0.05, 0) is 36.4 Å². The van der Waals surface area contributed by atoms with Crippen LogP contribution >= 0.6 is 0 Å². The molecule has 174 valence electrons. The van der Waals surface area contributed by atoms with Crippen LogP contribution in [-0.4, -0.2) is 33.7 Å². The summed E-state index contributed by atoms with van der Waals surface area (Å²) in [5, 5.41) is 4.20. The molecule has 4 aromatic rings. The number of benzene rings is 2. The minimum absolute atomic E-state index is 0.432. The van der Waals surface area contributed by atoms with E-state index < -0.39 is 11.7 Å². The predicted molar refractivity (Wildman–Crippen MR) is 119 cm³/mol. The minimum atomic E-state index is -4.36. The maximum Gasteiger partial charge on any atom is 0.416 e. The van der Waals surface area contributed by atoms with Crippen LogP contribution in [0.15, 0.2) is 65.3 Å². The molecule has 0 bridgehead atoms. The zero-order valence-electron chi connectivity index (χ0n) is 18.3. The van der Waals surface area contributed by atoms with Gasteiger partial charge in [-0.2, -0.15) is 13.2 Å². The fourth-order valence-electron chi connectivity index (χ4n) is 3.96. The number of halogens is 3. The van der Waals surface area contributed by atoms with Gasteiger partial charge in [0.15, 0.2) is 11.6 Å². The first-order valence-electron chi connectivity index (χ1n) is 10.7. The Hall–Kier alpha value is -3.72. The molecule has 6 nitrogen and oxygen atoms in total. The maximum absolute atomic E-state index is 12.8. The normalized spacial score (nSPS) is 14.1. The second-order valence-electron chi connectivity index (χ2n) is 8.11. The highest BCUT2D eigenvalue weighted by Gasteiger charge is 2.30. The molecule has 0 atom stereocenters. The molecule has 0 saturated heterocycles. The number of rotatable bonds is 5. The van der Waals surface area contributed by atoms with Gasteiger partial charge in [-0.15, -0.1) is 0 Å². The van der Waals surface area contributed by atoms with Gasteiger partial charge in [-0.1, -0.05) is 17.3 Å². The van der Waals surface area contributed by atoms with Crippen molar-refractivity contribution in [2.45, 2.75) is 25.7 Å². The predicted octanol–water partition coefficient (Wildman–Crippen LogP) is 5.38. The number of fused-ring (bicyclic) bond motifs is 1. The average molecular weight is 466 g/mol. The lowest BCUT2D eigenvalue weighted by Gasteiger charge is -2.27. The topological polar surface area (TPSA) is 64.3 Å². The molecule has 0 saturated carbocycles. The number of aromatic nitrogens is 3. The Morgan fingerprint density at radius 1 is 1.03 bits per heavy atom. The molecule has 0 radical (unpaired) electrons. The SMILES string of the molecule is COc1ccc(-c2cc(CN3CCc4nc(-c5ccc(C(F)(F)F)cc5)ncc4C3)no2)cc1. The summed E-state index contributed by atoms with van der Waals surface area (Å²) in [5.74, 6) is 1.90. The van der Waals surface area contributed by atoms with E-state index in [-0.39, 0.29) is 0 Å². The van der Waals surface area contributed by atoms with E-state index in [1.165, 1.54) is 12.1 Å². The molecule has 34 heavy (non-hydrogen) atoms.